The molecular formula is C33H38F3N3O4. The molecule has 0 bridgehead atoms. The first-order valence-corrected chi connectivity index (χ1v) is 14.9. The Bertz CT molecular complexity index is 1420. The molecule has 2 fully saturated rings. The van der Waals surface area contributed by atoms with Gasteiger partial charge in [0.2, 0.25) is 0 Å². The van der Waals surface area contributed by atoms with Crippen LogP contribution in [0.25, 0.3) is 0 Å². The lowest BCUT2D eigenvalue weighted by atomic mass is 9.69. The third-order valence-corrected chi connectivity index (χ3v) is 9.15. The maximum Gasteiger partial charge on any atom is 0.416 e. The van der Waals surface area contributed by atoms with Gasteiger partial charge in [-0.2, -0.15) is 13.2 Å². The van der Waals surface area contributed by atoms with Crippen LogP contribution in [-0.4, -0.2) is 45.7 Å². The molecule has 43 heavy (non-hydrogen) atoms. The molecule has 10 heteroatoms. The Morgan fingerprint density at radius 2 is 1.70 bits per heavy atom. The number of alkyl halides is 3. The van der Waals surface area contributed by atoms with Gasteiger partial charge in [-0.1, -0.05) is 45.0 Å². The highest BCUT2D eigenvalue weighted by atomic mass is 19.4. The maximum atomic E-state index is 14.3. The van der Waals surface area contributed by atoms with Crippen LogP contribution in [0, 0.1) is 17.3 Å². The lowest BCUT2D eigenvalue weighted by molar-refractivity contribution is -0.138. The summed E-state index contributed by atoms with van der Waals surface area (Å²) >= 11 is 0. The van der Waals surface area contributed by atoms with Gasteiger partial charge in [0.15, 0.2) is 0 Å². The van der Waals surface area contributed by atoms with E-state index >= 15 is 0 Å². The highest BCUT2D eigenvalue weighted by Crippen LogP contribution is 2.54. The van der Waals surface area contributed by atoms with Crippen molar-refractivity contribution in [1.82, 2.24) is 10.2 Å². The van der Waals surface area contributed by atoms with Crippen LogP contribution in [0.5, 0.6) is 0 Å². The van der Waals surface area contributed by atoms with Crippen LogP contribution in [0.2, 0.25) is 0 Å². The van der Waals surface area contributed by atoms with E-state index in [-0.39, 0.29) is 53.4 Å². The molecule has 230 valence electrons. The minimum atomic E-state index is -4.54. The van der Waals surface area contributed by atoms with Gasteiger partial charge in [0.1, 0.15) is 11.4 Å². The van der Waals surface area contributed by atoms with Crippen molar-refractivity contribution in [3.05, 3.63) is 70.8 Å². The fourth-order valence-electron chi connectivity index (χ4n) is 6.59. The quantitative estimate of drug-likeness (QED) is 0.357. The number of amides is 2. The summed E-state index contributed by atoms with van der Waals surface area (Å²) in [5, 5.41) is 11.4. The summed E-state index contributed by atoms with van der Waals surface area (Å²) in [6.07, 6.45) is 0.0261. The SMILES string of the molecule is CC(C)(C)C1CCC2(CC1)N=C(c1cccc(C(F)(F)F)c1)C(=O)N2[C@@H](c1ccc(C(=O)NCCC(=O)O)cc1)C1CC1. The van der Waals surface area contributed by atoms with Crippen LogP contribution in [0.15, 0.2) is 53.5 Å². The molecule has 1 atom stereocenters. The van der Waals surface area contributed by atoms with Crippen molar-refractivity contribution in [1.29, 1.82) is 0 Å². The lowest BCUT2D eigenvalue weighted by Crippen LogP contribution is -2.52. The molecule has 1 spiro atoms. The number of carboxylic acid groups (broad SMARTS) is 1. The highest BCUT2D eigenvalue weighted by molar-refractivity contribution is 6.46. The molecule has 2 saturated carbocycles. The number of halogens is 3. The van der Waals surface area contributed by atoms with Gasteiger partial charge in [0.25, 0.3) is 11.8 Å². The Morgan fingerprint density at radius 3 is 2.26 bits per heavy atom. The first kappa shape index (κ1) is 30.8. The molecule has 0 radical (unpaired) electrons. The number of hydrogen-bond acceptors (Lipinski definition) is 4. The van der Waals surface area contributed by atoms with Gasteiger partial charge >= 0.3 is 12.1 Å². The first-order valence-electron chi connectivity index (χ1n) is 14.9. The number of benzene rings is 2. The van der Waals surface area contributed by atoms with Crippen molar-refractivity contribution in [2.45, 2.75) is 83.6 Å². The van der Waals surface area contributed by atoms with Gasteiger partial charge < -0.3 is 15.3 Å². The second kappa shape index (κ2) is 11.4. The molecule has 0 unspecified atom stereocenters. The number of hydrogen-bond donors (Lipinski definition) is 2. The van der Waals surface area contributed by atoms with Crippen molar-refractivity contribution >= 4 is 23.5 Å². The Morgan fingerprint density at radius 1 is 1.05 bits per heavy atom. The number of aliphatic imine (C=N–C) groups is 1. The van der Waals surface area contributed by atoms with E-state index in [2.05, 4.69) is 26.1 Å². The average molecular weight is 598 g/mol. The Kier molecular flexibility index (Phi) is 8.17. The van der Waals surface area contributed by atoms with Crippen LogP contribution in [0.3, 0.4) is 0 Å². The molecule has 2 aromatic rings. The number of rotatable bonds is 8. The van der Waals surface area contributed by atoms with Gasteiger partial charge in [0.05, 0.1) is 18.0 Å². The average Bonchev–Trinajstić information content (AvgIpc) is 3.75. The van der Waals surface area contributed by atoms with E-state index in [9.17, 15) is 27.6 Å². The summed E-state index contributed by atoms with van der Waals surface area (Å²) < 4.78 is 40.8. The highest BCUT2D eigenvalue weighted by Gasteiger charge is 2.55. The van der Waals surface area contributed by atoms with E-state index in [1.165, 1.54) is 12.1 Å². The summed E-state index contributed by atoms with van der Waals surface area (Å²) in [4.78, 5) is 44.5. The largest absolute Gasteiger partial charge is 0.481 e. The van der Waals surface area contributed by atoms with Crippen molar-refractivity contribution in [2.24, 2.45) is 22.2 Å². The molecule has 0 saturated heterocycles. The van der Waals surface area contributed by atoms with E-state index in [0.717, 1.165) is 43.4 Å². The zero-order valence-electron chi connectivity index (χ0n) is 24.7. The molecular weight excluding hydrogens is 559 g/mol. The number of carboxylic acids is 1. The zero-order valence-corrected chi connectivity index (χ0v) is 24.7. The van der Waals surface area contributed by atoms with Crippen LogP contribution < -0.4 is 5.32 Å². The summed E-state index contributed by atoms with van der Waals surface area (Å²) in [5.74, 6) is -1.15. The van der Waals surface area contributed by atoms with E-state index < -0.39 is 23.4 Å². The van der Waals surface area contributed by atoms with E-state index in [1.807, 2.05) is 17.0 Å². The molecule has 7 nitrogen and oxygen atoms in total. The topological polar surface area (TPSA) is 99.1 Å². The van der Waals surface area contributed by atoms with Crippen LogP contribution in [0.4, 0.5) is 13.2 Å². The first-order chi connectivity index (χ1) is 20.2. The fourth-order valence-corrected chi connectivity index (χ4v) is 6.59. The molecule has 1 heterocycles. The van der Waals surface area contributed by atoms with Gasteiger partial charge in [-0.3, -0.25) is 19.4 Å². The summed E-state index contributed by atoms with van der Waals surface area (Å²) in [5.41, 5.74) is -0.140. The summed E-state index contributed by atoms with van der Waals surface area (Å²) in [6, 6.07) is 11.5. The van der Waals surface area contributed by atoms with E-state index in [0.29, 0.717) is 24.3 Å². The molecule has 1 aliphatic heterocycles. The predicted molar refractivity (Wildman–Crippen MR) is 155 cm³/mol. The molecule has 2 aromatic carbocycles. The van der Waals surface area contributed by atoms with Gasteiger partial charge in [-0.25, -0.2) is 0 Å². The van der Waals surface area contributed by atoms with E-state index in [4.69, 9.17) is 10.1 Å². The maximum absolute atomic E-state index is 14.3. The minimum Gasteiger partial charge on any atom is -0.481 e. The van der Waals surface area contributed by atoms with E-state index in [1.54, 1.807) is 12.1 Å². The number of carbonyl (C=O) groups is 3. The third-order valence-electron chi connectivity index (χ3n) is 9.15. The Balaban J connectivity index is 1.49. The number of carbonyl (C=O) groups excluding carboxylic acids is 2. The number of aliphatic carboxylic acids is 1. The summed E-state index contributed by atoms with van der Waals surface area (Å²) in [7, 11) is 0. The molecule has 0 aromatic heterocycles. The van der Waals surface area contributed by atoms with Crippen LogP contribution >= 0.6 is 0 Å². The third kappa shape index (κ3) is 6.48. The standard InChI is InChI=1S/C33H38F3N3O4/c1-31(2,3)24-13-16-32(17-14-24)38-27(23-5-4-6-25(19-23)33(34,35)36)30(43)39(32)28(20-7-8-20)21-9-11-22(12-10-21)29(42)37-18-15-26(40)41/h4-6,9-12,19-20,24,28H,7-8,13-18H2,1-3H3,(H,37,42)(H,40,41)/t24?,28-,32?/m1/s1. The second-order valence-electron chi connectivity index (χ2n) is 13.1. The van der Waals surface area contributed by atoms with Gasteiger partial charge in [0, 0.05) is 17.7 Å². The van der Waals surface area contributed by atoms with Crippen molar-refractivity contribution < 1.29 is 32.7 Å². The predicted octanol–water partition coefficient (Wildman–Crippen LogP) is 6.63. The summed E-state index contributed by atoms with van der Waals surface area (Å²) in [6.45, 7) is 6.63. The molecule has 2 amide bonds. The lowest BCUT2D eigenvalue weighted by Gasteiger charge is -2.47. The normalized spacial score (nSPS) is 23.3. The number of nitrogens with one attached hydrogen (secondary N) is 1. The molecule has 2 N–H and O–H groups in total. The minimum absolute atomic E-state index is 0.0105. The Hall–Kier alpha value is -3.69. The number of nitrogens with zero attached hydrogens (tertiary/aromatic N) is 2. The van der Waals surface area contributed by atoms with Crippen LogP contribution in [-0.2, 0) is 15.8 Å². The smallest absolute Gasteiger partial charge is 0.416 e. The van der Waals surface area contributed by atoms with Gasteiger partial charge in [-0.15, -0.1) is 0 Å². The second-order valence-corrected chi connectivity index (χ2v) is 13.1. The molecule has 5 rings (SSSR count). The Labute approximate surface area is 249 Å². The fraction of sp³-hybridized carbons (Fsp3) is 0.515. The molecule has 3 aliphatic rings. The van der Waals surface area contributed by atoms with Crippen LogP contribution in [0.1, 0.15) is 98.8 Å². The van der Waals surface area contributed by atoms with Crippen molar-refractivity contribution in [3.63, 3.8) is 0 Å². The van der Waals surface area contributed by atoms with Crippen molar-refractivity contribution in [2.75, 3.05) is 6.54 Å². The monoisotopic (exact) mass is 597 g/mol. The van der Waals surface area contributed by atoms with Crippen molar-refractivity contribution in [3.8, 4) is 0 Å². The zero-order chi connectivity index (χ0) is 31.2. The van der Waals surface area contributed by atoms with Gasteiger partial charge in [-0.05, 0) is 85.6 Å². The molecule has 2 aliphatic carbocycles.